The smallest absolute Gasteiger partial charge is 0.147 e. The maximum Gasteiger partial charge on any atom is 0.147 e. The first kappa shape index (κ1) is 12.1. The van der Waals surface area contributed by atoms with E-state index in [-0.39, 0.29) is 0 Å². The standard InChI is InChI=1S/C13H13FN4/c1-18-7-5-11(17-18)4-6-16-13-3-2-10(9-15)8-12(13)14/h2-3,5,7-8,16H,4,6H2,1H3. The summed E-state index contributed by atoms with van der Waals surface area (Å²) >= 11 is 0. The lowest BCUT2D eigenvalue weighted by Gasteiger charge is -2.06. The predicted molar refractivity (Wildman–Crippen MR) is 66.5 cm³/mol. The van der Waals surface area contributed by atoms with Crippen LogP contribution < -0.4 is 5.32 Å². The highest BCUT2D eigenvalue weighted by atomic mass is 19.1. The van der Waals surface area contributed by atoms with E-state index >= 15 is 0 Å². The Bertz CT molecular complexity index is 583. The molecule has 1 aromatic carbocycles. The van der Waals surface area contributed by atoms with Crippen LogP contribution in [0, 0.1) is 17.1 Å². The highest BCUT2D eigenvalue weighted by Gasteiger charge is 2.03. The van der Waals surface area contributed by atoms with Crippen molar-refractivity contribution in [1.29, 1.82) is 5.26 Å². The van der Waals surface area contributed by atoms with Crippen LogP contribution in [0.25, 0.3) is 0 Å². The molecule has 0 spiro atoms. The van der Waals surface area contributed by atoms with Gasteiger partial charge in [0, 0.05) is 26.2 Å². The van der Waals surface area contributed by atoms with Crippen LogP contribution in [-0.2, 0) is 13.5 Å². The average Bonchev–Trinajstić information content (AvgIpc) is 2.77. The second-order valence-electron chi connectivity index (χ2n) is 3.96. The van der Waals surface area contributed by atoms with Crippen LogP contribution in [0.2, 0.25) is 0 Å². The van der Waals surface area contributed by atoms with E-state index in [9.17, 15) is 4.39 Å². The van der Waals surface area contributed by atoms with Crippen LogP contribution in [0.4, 0.5) is 10.1 Å². The van der Waals surface area contributed by atoms with E-state index in [1.165, 1.54) is 6.07 Å². The Morgan fingerprint density at radius 3 is 2.89 bits per heavy atom. The van der Waals surface area contributed by atoms with E-state index in [2.05, 4.69) is 10.4 Å². The number of halogens is 1. The zero-order valence-electron chi connectivity index (χ0n) is 10.0. The molecule has 0 fully saturated rings. The van der Waals surface area contributed by atoms with Crippen molar-refractivity contribution in [3.8, 4) is 6.07 Å². The molecular weight excluding hydrogens is 231 g/mol. The fourth-order valence-electron chi connectivity index (χ4n) is 1.65. The molecule has 2 rings (SSSR count). The summed E-state index contributed by atoms with van der Waals surface area (Å²) < 4.78 is 15.3. The molecule has 5 heteroatoms. The van der Waals surface area contributed by atoms with Crippen LogP contribution in [0.3, 0.4) is 0 Å². The zero-order chi connectivity index (χ0) is 13.0. The molecule has 0 saturated heterocycles. The lowest BCUT2D eigenvalue weighted by atomic mass is 10.2. The maximum absolute atomic E-state index is 13.5. The number of nitrogens with zero attached hydrogens (tertiary/aromatic N) is 3. The third-order valence-corrected chi connectivity index (χ3v) is 2.56. The fraction of sp³-hybridized carbons (Fsp3) is 0.231. The van der Waals surface area contributed by atoms with Gasteiger partial charge in [0.25, 0.3) is 0 Å². The second-order valence-corrected chi connectivity index (χ2v) is 3.96. The Morgan fingerprint density at radius 2 is 2.28 bits per heavy atom. The van der Waals surface area contributed by atoms with Crippen molar-refractivity contribution in [2.45, 2.75) is 6.42 Å². The molecule has 18 heavy (non-hydrogen) atoms. The molecule has 0 aliphatic rings. The molecule has 92 valence electrons. The van der Waals surface area contributed by atoms with Gasteiger partial charge in [-0.2, -0.15) is 10.4 Å². The molecule has 0 bridgehead atoms. The van der Waals surface area contributed by atoms with E-state index < -0.39 is 5.82 Å². The Hall–Kier alpha value is -2.35. The number of nitrogens with one attached hydrogen (secondary N) is 1. The number of hydrogen-bond donors (Lipinski definition) is 1. The van der Waals surface area contributed by atoms with Crippen LogP contribution in [0.1, 0.15) is 11.3 Å². The number of hydrogen-bond acceptors (Lipinski definition) is 3. The molecule has 1 N–H and O–H groups in total. The topological polar surface area (TPSA) is 53.6 Å². The van der Waals surface area contributed by atoms with Gasteiger partial charge in [-0.3, -0.25) is 4.68 Å². The predicted octanol–water partition coefficient (Wildman–Crippen LogP) is 2.09. The number of rotatable bonds is 4. The third-order valence-electron chi connectivity index (χ3n) is 2.56. The molecule has 0 aliphatic heterocycles. The monoisotopic (exact) mass is 244 g/mol. The number of nitriles is 1. The van der Waals surface area contributed by atoms with Crippen LogP contribution >= 0.6 is 0 Å². The van der Waals surface area contributed by atoms with Crippen molar-refractivity contribution < 1.29 is 4.39 Å². The number of benzene rings is 1. The number of aryl methyl sites for hydroxylation is 1. The lowest BCUT2D eigenvalue weighted by Crippen LogP contribution is -2.07. The van der Waals surface area contributed by atoms with Crippen molar-refractivity contribution in [2.24, 2.45) is 7.05 Å². The summed E-state index contributed by atoms with van der Waals surface area (Å²) in [5.74, 6) is -0.407. The molecule has 0 unspecified atom stereocenters. The van der Waals surface area contributed by atoms with Crippen LogP contribution in [0.5, 0.6) is 0 Å². The summed E-state index contributed by atoms with van der Waals surface area (Å²) in [5, 5.41) is 15.9. The Balaban J connectivity index is 1.92. The highest BCUT2D eigenvalue weighted by Crippen LogP contribution is 2.15. The zero-order valence-corrected chi connectivity index (χ0v) is 10.0. The molecule has 0 radical (unpaired) electrons. The number of anilines is 1. The Labute approximate surface area is 105 Å². The molecule has 4 nitrogen and oxygen atoms in total. The van der Waals surface area contributed by atoms with E-state index in [4.69, 9.17) is 5.26 Å². The minimum Gasteiger partial charge on any atom is -0.382 e. The molecule has 1 aromatic heterocycles. The van der Waals surface area contributed by atoms with Crippen molar-refractivity contribution in [3.05, 3.63) is 47.5 Å². The van der Waals surface area contributed by atoms with Crippen molar-refractivity contribution in [2.75, 3.05) is 11.9 Å². The summed E-state index contributed by atoms with van der Waals surface area (Å²) in [6, 6.07) is 8.22. The van der Waals surface area contributed by atoms with E-state index in [0.717, 1.165) is 12.1 Å². The average molecular weight is 244 g/mol. The molecule has 2 aromatic rings. The van der Waals surface area contributed by atoms with E-state index in [0.29, 0.717) is 17.8 Å². The van der Waals surface area contributed by atoms with Crippen molar-refractivity contribution >= 4 is 5.69 Å². The first-order valence-electron chi connectivity index (χ1n) is 5.61. The molecular formula is C13H13FN4. The van der Waals surface area contributed by atoms with Gasteiger partial charge in [-0.15, -0.1) is 0 Å². The minimum absolute atomic E-state index is 0.322. The Kier molecular flexibility index (Phi) is 3.58. The summed E-state index contributed by atoms with van der Waals surface area (Å²) in [6.07, 6.45) is 2.60. The normalized spacial score (nSPS) is 10.1. The Morgan fingerprint density at radius 1 is 1.44 bits per heavy atom. The SMILES string of the molecule is Cn1ccc(CCNc2ccc(C#N)cc2F)n1. The quantitative estimate of drug-likeness (QED) is 0.896. The van der Waals surface area contributed by atoms with Crippen molar-refractivity contribution in [1.82, 2.24) is 9.78 Å². The lowest BCUT2D eigenvalue weighted by molar-refractivity contribution is 0.629. The molecule has 0 atom stereocenters. The van der Waals surface area contributed by atoms with Gasteiger partial charge in [0.15, 0.2) is 0 Å². The highest BCUT2D eigenvalue weighted by molar-refractivity contribution is 5.48. The summed E-state index contributed by atoms with van der Waals surface area (Å²) in [4.78, 5) is 0. The summed E-state index contributed by atoms with van der Waals surface area (Å²) in [5.41, 5.74) is 1.69. The van der Waals surface area contributed by atoms with Gasteiger partial charge in [-0.25, -0.2) is 4.39 Å². The van der Waals surface area contributed by atoms with Crippen LogP contribution in [0.15, 0.2) is 30.5 Å². The molecule has 0 saturated carbocycles. The van der Waals surface area contributed by atoms with Gasteiger partial charge in [0.2, 0.25) is 0 Å². The van der Waals surface area contributed by atoms with Crippen molar-refractivity contribution in [3.63, 3.8) is 0 Å². The minimum atomic E-state index is -0.407. The third kappa shape index (κ3) is 2.86. The van der Waals surface area contributed by atoms with E-state index in [1.807, 2.05) is 25.4 Å². The van der Waals surface area contributed by atoms with Crippen LogP contribution in [-0.4, -0.2) is 16.3 Å². The van der Waals surface area contributed by atoms with E-state index in [1.54, 1.807) is 16.8 Å². The first-order valence-corrected chi connectivity index (χ1v) is 5.61. The van der Waals surface area contributed by atoms with Gasteiger partial charge in [-0.1, -0.05) is 0 Å². The van der Waals surface area contributed by atoms with Gasteiger partial charge < -0.3 is 5.32 Å². The molecule has 0 aliphatic carbocycles. The first-order chi connectivity index (χ1) is 8.69. The fourth-order valence-corrected chi connectivity index (χ4v) is 1.65. The van der Waals surface area contributed by atoms with Gasteiger partial charge in [0.1, 0.15) is 5.82 Å². The second kappa shape index (κ2) is 5.32. The largest absolute Gasteiger partial charge is 0.382 e. The summed E-state index contributed by atoms with van der Waals surface area (Å²) in [7, 11) is 1.86. The van der Waals surface area contributed by atoms with Gasteiger partial charge >= 0.3 is 0 Å². The van der Waals surface area contributed by atoms with Gasteiger partial charge in [-0.05, 0) is 24.3 Å². The summed E-state index contributed by atoms with van der Waals surface area (Å²) in [6.45, 7) is 0.597. The number of aromatic nitrogens is 2. The molecule has 1 heterocycles. The van der Waals surface area contributed by atoms with Gasteiger partial charge in [0.05, 0.1) is 23.0 Å². The maximum atomic E-state index is 13.5. The molecule has 0 amide bonds.